The van der Waals surface area contributed by atoms with Crippen molar-refractivity contribution in [2.24, 2.45) is 14.1 Å². The molecule has 0 aliphatic heterocycles. The predicted molar refractivity (Wildman–Crippen MR) is 100 cm³/mol. The van der Waals surface area contributed by atoms with Crippen molar-refractivity contribution in [3.8, 4) is 17.3 Å². The molecule has 1 N–H and O–H groups in total. The highest BCUT2D eigenvalue weighted by atomic mass is 35.5. The van der Waals surface area contributed by atoms with Gasteiger partial charge in [-0.1, -0.05) is 11.6 Å². The first-order chi connectivity index (χ1) is 12.3. The smallest absolute Gasteiger partial charge is 0.266 e. The first-order valence-corrected chi connectivity index (χ1v) is 8.48. The molecule has 3 rings (SSSR count). The van der Waals surface area contributed by atoms with E-state index in [1.165, 1.54) is 0 Å². The summed E-state index contributed by atoms with van der Waals surface area (Å²) >= 11 is 5.95. The summed E-state index contributed by atoms with van der Waals surface area (Å²) < 4.78 is 9.22. The number of carbonyl (C=O) groups excluding carboxylic acids is 1. The number of hydrogen-bond donors (Lipinski definition) is 1. The fourth-order valence-electron chi connectivity index (χ4n) is 2.52. The van der Waals surface area contributed by atoms with E-state index in [1.807, 2.05) is 24.7 Å². The van der Waals surface area contributed by atoms with E-state index in [1.54, 1.807) is 49.1 Å². The molecule has 1 amide bonds. The molecule has 0 aliphatic carbocycles. The lowest BCUT2D eigenvalue weighted by Crippen LogP contribution is -2.31. The Labute approximate surface area is 156 Å². The highest BCUT2D eigenvalue weighted by Gasteiger charge is 2.19. The van der Waals surface area contributed by atoms with Gasteiger partial charge in [-0.3, -0.25) is 9.48 Å². The van der Waals surface area contributed by atoms with Crippen LogP contribution in [0.1, 0.15) is 12.5 Å². The fraction of sp³-hybridized carbons (Fsp3) is 0.278. The maximum atomic E-state index is 12.5. The molecule has 8 heteroatoms. The van der Waals surface area contributed by atoms with Crippen molar-refractivity contribution in [2.45, 2.75) is 20.0 Å². The standard InChI is InChI=1S/C18H20ClN5O2/c1-11-9-13(19)5-6-15(11)26-12(2)18(25)21-16-10-14(22-24(16)4)17-20-7-8-23(17)3/h5-10,12H,1-4H3,(H,21,25). The lowest BCUT2D eigenvalue weighted by molar-refractivity contribution is -0.122. The van der Waals surface area contributed by atoms with Gasteiger partial charge < -0.3 is 14.6 Å². The molecule has 0 saturated heterocycles. The van der Waals surface area contributed by atoms with Gasteiger partial charge in [0.15, 0.2) is 11.9 Å². The van der Waals surface area contributed by atoms with Gasteiger partial charge in [0, 0.05) is 37.6 Å². The van der Waals surface area contributed by atoms with Crippen LogP contribution in [0.4, 0.5) is 5.82 Å². The molecular formula is C18H20ClN5O2. The van der Waals surface area contributed by atoms with E-state index in [4.69, 9.17) is 16.3 Å². The third-order valence-corrected chi connectivity index (χ3v) is 4.23. The maximum Gasteiger partial charge on any atom is 0.266 e. The van der Waals surface area contributed by atoms with Gasteiger partial charge in [-0.05, 0) is 37.6 Å². The monoisotopic (exact) mass is 373 g/mol. The van der Waals surface area contributed by atoms with E-state index in [-0.39, 0.29) is 5.91 Å². The number of rotatable bonds is 5. The predicted octanol–water partition coefficient (Wildman–Crippen LogP) is 3.19. The van der Waals surface area contributed by atoms with Gasteiger partial charge in [-0.15, -0.1) is 0 Å². The average Bonchev–Trinajstić information content (AvgIpc) is 3.16. The molecule has 2 heterocycles. The second-order valence-electron chi connectivity index (χ2n) is 6.06. The molecule has 0 bridgehead atoms. The minimum atomic E-state index is -0.679. The Morgan fingerprint density at radius 3 is 2.73 bits per heavy atom. The summed E-state index contributed by atoms with van der Waals surface area (Å²) in [5, 5.41) is 7.86. The number of anilines is 1. The van der Waals surface area contributed by atoms with Crippen molar-refractivity contribution < 1.29 is 9.53 Å². The van der Waals surface area contributed by atoms with Crippen LogP contribution in [0.2, 0.25) is 5.02 Å². The van der Waals surface area contributed by atoms with Crippen molar-refractivity contribution in [2.75, 3.05) is 5.32 Å². The fourth-order valence-corrected chi connectivity index (χ4v) is 2.75. The van der Waals surface area contributed by atoms with Crippen molar-refractivity contribution >= 4 is 23.3 Å². The van der Waals surface area contributed by atoms with Crippen LogP contribution in [-0.2, 0) is 18.9 Å². The topological polar surface area (TPSA) is 74.0 Å². The Balaban J connectivity index is 1.71. The number of nitrogens with one attached hydrogen (secondary N) is 1. The highest BCUT2D eigenvalue weighted by molar-refractivity contribution is 6.30. The summed E-state index contributed by atoms with van der Waals surface area (Å²) in [5.74, 6) is 1.64. The Kier molecular flexibility index (Phi) is 4.99. The number of benzene rings is 1. The molecule has 7 nitrogen and oxygen atoms in total. The molecule has 1 aromatic carbocycles. The number of halogens is 1. The molecule has 1 atom stereocenters. The molecule has 0 radical (unpaired) electrons. The van der Waals surface area contributed by atoms with Crippen LogP contribution in [0, 0.1) is 6.92 Å². The third kappa shape index (κ3) is 3.72. The van der Waals surface area contributed by atoms with Gasteiger partial charge in [-0.25, -0.2) is 4.98 Å². The van der Waals surface area contributed by atoms with Crippen LogP contribution >= 0.6 is 11.6 Å². The Morgan fingerprint density at radius 2 is 2.08 bits per heavy atom. The minimum Gasteiger partial charge on any atom is -0.481 e. The number of nitrogens with zero attached hydrogens (tertiary/aromatic N) is 4. The second-order valence-corrected chi connectivity index (χ2v) is 6.50. The molecule has 0 saturated carbocycles. The van der Waals surface area contributed by atoms with Gasteiger partial charge in [-0.2, -0.15) is 5.10 Å². The number of carbonyl (C=O) groups is 1. The molecule has 0 fully saturated rings. The summed E-state index contributed by atoms with van der Waals surface area (Å²) in [5.41, 5.74) is 1.55. The van der Waals surface area contributed by atoms with Gasteiger partial charge in [0.05, 0.1) is 0 Å². The van der Waals surface area contributed by atoms with E-state index in [0.717, 1.165) is 11.4 Å². The van der Waals surface area contributed by atoms with Crippen LogP contribution in [-0.4, -0.2) is 31.3 Å². The van der Waals surface area contributed by atoms with E-state index in [0.29, 0.717) is 22.3 Å². The largest absolute Gasteiger partial charge is 0.481 e. The molecule has 26 heavy (non-hydrogen) atoms. The lowest BCUT2D eigenvalue weighted by Gasteiger charge is -2.16. The summed E-state index contributed by atoms with van der Waals surface area (Å²) in [4.78, 5) is 16.8. The molecule has 0 aliphatic rings. The first kappa shape index (κ1) is 18.0. The van der Waals surface area contributed by atoms with Crippen molar-refractivity contribution in [3.63, 3.8) is 0 Å². The summed E-state index contributed by atoms with van der Waals surface area (Å²) in [6.07, 6.45) is 2.86. The van der Waals surface area contributed by atoms with Crippen molar-refractivity contribution in [1.29, 1.82) is 0 Å². The van der Waals surface area contributed by atoms with E-state index in [2.05, 4.69) is 15.4 Å². The minimum absolute atomic E-state index is 0.270. The van der Waals surface area contributed by atoms with Crippen molar-refractivity contribution in [3.05, 3.63) is 47.2 Å². The van der Waals surface area contributed by atoms with E-state index in [9.17, 15) is 4.79 Å². The SMILES string of the molecule is Cc1cc(Cl)ccc1OC(C)C(=O)Nc1cc(-c2nccn2C)nn1C. The molecule has 0 spiro atoms. The molecule has 3 aromatic rings. The van der Waals surface area contributed by atoms with Crippen LogP contribution < -0.4 is 10.1 Å². The molecule has 2 aromatic heterocycles. The van der Waals surface area contributed by atoms with Gasteiger partial charge in [0.2, 0.25) is 0 Å². The summed E-state index contributed by atoms with van der Waals surface area (Å²) in [7, 11) is 3.65. The molecule has 136 valence electrons. The average molecular weight is 374 g/mol. The van der Waals surface area contributed by atoms with Crippen LogP contribution in [0.15, 0.2) is 36.7 Å². The Bertz CT molecular complexity index is 947. The van der Waals surface area contributed by atoms with Crippen LogP contribution in [0.5, 0.6) is 5.75 Å². The molecular weight excluding hydrogens is 354 g/mol. The zero-order valence-electron chi connectivity index (χ0n) is 15.0. The number of imidazole rings is 1. The Morgan fingerprint density at radius 1 is 1.31 bits per heavy atom. The second kappa shape index (κ2) is 7.21. The van der Waals surface area contributed by atoms with Gasteiger partial charge in [0.25, 0.3) is 5.91 Å². The number of ether oxygens (including phenoxy) is 1. The highest BCUT2D eigenvalue weighted by Crippen LogP contribution is 2.23. The van der Waals surface area contributed by atoms with Gasteiger partial charge in [0.1, 0.15) is 17.3 Å². The zero-order valence-corrected chi connectivity index (χ0v) is 15.8. The summed E-state index contributed by atoms with van der Waals surface area (Å²) in [6, 6.07) is 7.06. The van der Waals surface area contributed by atoms with Crippen LogP contribution in [0.25, 0.3) is 11.5 Å². The van der Waals surface area contributed by atoms with Crippen molar-refractivity contribution in [1.82, 2.24) is 19.3 Å². The summed E-state index contributed by atoms with van der Waals surface area (Å²) in [6.45, 7) is 3.57. The first-order valence-electron chi connectivity index (χ1n) is 8.10. The van der Waals surface area contributed by atoms with Crippen LogP contribution in [0.3, 0.4) is 0 Å². The number of aromatic nitrogens is 4. The lowest BCUT2D eigenvalue weighted by atomic mass is 10.2. The van der Waals surface area contributed by atoms with Gasteiger partial charge >= 0.3 is 0 Å². The normalized spacial score (nSPS) is 12.0. The quantitative estimate of drug-likeness (QED) is 0.745. The number of aryl methyl sites for hydroxylation is 3. The maximum absolute atomic E-state index is 12.5. The number of amides is 1. The Hall–Kier alpha value is -2.80. The zero-order chi connectivity index (χ0) is 18.8. The molecule has 1 unspecified atom stereocenters. The third-order valence-electron chi connectivity index (χ3n) is 3.99. The van der Waals surface area contributed by atoms with E-state index < -0.39 is 6.10 Å². The number of hydrogen-bond acceptors (Lipinski definition) is 4. The van der Waals surface area contributed by atoms with E-state index >= 15 is 0 Å².